The fourth-order valence-corrected chi connectivity index (χ4v) is 3.94. The largest absolute Gasteiger partial charge is 0.494 e. The quantitative estimate of drug-likeness (QED) is 0.414. The lowest BCUT2D eigenvalue weighted by Gasteiger charge is -2.23. The van der Waals surface area contributed by atoms with Crippen LogP contribution in [0.5, 0.6) is 5.75 Å². The number of amides is 1. The van der Waals surface area contributed by atoms with Crippen LogP contribution in [0.25, 0.3) is 0 Å². The zero-order chi connectivity index (χ0) is 24.5. The molecule has 7 heteroatoms. The van der Waals surface area contributed by atoms with Crippen LogP contribution in [0, 0.1) is 5.82 Å². The van der Waals surface area contributed by atoms with E-state index in [1.165, 1.54) is 12.1 Å². The van der Waals surface area contributed by atoms with Gasteiger partial charge in [0.05, 0.1) is 6.61 Å². The topological polar surface area (TPSA) is 80.2 Å². The molecule has 0 fully saturated rings. The molecule has 4 rings (SSSR count). The molecule has 3 aromatic carbocycles. The van der Waals surface area contributed by atoms with Gasteiger partial charge in [0.15, 0.2) is 5.54 Å². The predicted octanol–water partition coefficient (Wildman–Crippen LogP) is 3.70. The zero-order valence-electron chi connectivity index (χ0n) is 19.5. The van der Waals surface area contributed by atoms with Crippen molar-refractivity contribution in [1.29, 1.82) is 0 Å². The number of halogens is 1. The van der Waals surface area contributed by atoms with E-state index in [1.807, 2.05) is 60.7 Å². The molecule has 35 heavy (non-hydrogen) atoms. The molecule has 0 saturated heterocycles. The van der Waals surface area contributed by atoms with E-state index in [1.54, 1.807) is 6.07 Å². The fourth-order valence-electron chi connectivity index (χ4n) is 3.94. The van der Waals surface area contributed by atoms with Gasteiger partial charge in [0.1, 0.15) is 18.2 Å². The Morgan fingerprint density at radius 1 is 1.06 bits per heavy atom. The number of aliphatic hydroxyl groups is 1. The third kappa shape index (κ3) is 6.45. The molecule has 0 saturated carbocycles. The third-order valence-electron chi connectivity index (χ3n) is 5.79. The SMILES string of the molecule is O=C(NCCc1cccc(F)c1)[C@@]1(Cc2ccccc2)COC(c2ccc(OCCCO)cc2)=N1. The molecule has 0 radical (unpaired) electrons. The maximum Gasteiger partial charge on any atom is 0.251 e. The third-order valence-corrected chi connectivity index (χ3v) is 5.79. The number of carbonyl (C=O) groups is 1. The van der Waals surface area contributed by atoms with Gasteiger partial charge in [-0.3, -0.25) is 4.79 Å². The molecule has 0 bridgehead atoms. The molecular weight excluding hydrogens is 447 g/mol. The summed E-state index contributed by atoms with van der Waals surface area (Å²) in [5.74, 6) is 0.573. The number of aliphatic hydroxyl groups excluding tert-OH is 1. The fraction of sp³-hybridized carbons (Fsp3) is 0.286. The molecule has 0 aromatic heterocycles. The molecule has 1 aliphatic rings. The van der Waals surface area contributed by atoms with Crippen LogP contribution in [0.2, 0.25) is 0 Å². The van der Waals surface area contributed by atoms with Crippen LogP contribution >= 0.6 is 0 Å². The van der Waals surface area contributed by atoms with Crippen LogP contribution in [0.1, 0.15) is 23.1 Å². The van der Waals surface area contributed by atoms with Crippen molar-refractivity contribution in [2.45, 2.75) is 24.8 Å². The van der Waals surface area contributed by atoms with Crippen molar-refractivity contribution in [3.8, 4) is 5.75 Å². The van der Waals surface area contributed by atoms with Crippen LogP contribution in [0.3, 0.4) is 0 Å². The molecule has 1 atom stereocenters. The average Bonchev–Trinajstić information content (AvgIpc) is 3.30. The lowest BCUT2D eigenvalue weighted by molar-refractivity contribution is -0.126. The maximum absolute atomic E-state index is 13.5. The van der Waals surface area contributed by atoms with Gasteiger partial charge in [-0.15, -0.1) is 0 Å². The highest BCUT2D eigenvalue weighted by atomic mass is 19.1. The van der Waals surface area contributed by atoms with Crippen molar-refractivity contribution in [2.24, 2.45) is 4.99 Å². The summed E-state index contributed by atoms with van der Waals surface area (Å²) in [6.07, 6.45) is 1.47. The Balaban J connectivity index is 1.49. The summed E-state index contributed by atoms with van der Waals surface area (Å²) in [5, 5.41) is 11.9. The minimum atomic E-state index is -1.10. The highest BCUT2D eigenvalue weighted by molar-refractivity contribution is 6.00. The lowest BCUT2D eigenvalue weighted by Crippen LogP contribution is -2.48. The second-order valence-electron chi connectivity index (χ2n) is 8.49. The Bertz CT molecular complexity index is 1150. The van der Waals surface area contributed by atoms with Gasteiger partial charge in [-0.05, 0) is 53.9 Å². The van der Waals surface area contributed by atoms with Crippen LogP contribution < -0.4 is 10.1 Å². The van der Waals surface area contributed by atoms with Crippen molar-refractivity contribution in [1.82, 2.24) is 5.32 Å². The smallest absolute Gasteiger partial charge is 0.251 e. The number of aliphatic imine (C=N–C) groups is 1. The number of hydrogen-bond acceptors (Lipinski definition) is 5. The number of carbonyl (C=O) groups excluding carboxylic acids is 1. The van der Waals surface area contributed by atoms with E-state index in [0.717, 1.165) is 16.7 Å². The van der Waals surface area contributed by atoms with Crippen LogP contribution in [0.15, 0.2) is 83.9 Å². The van der Waals surface area contributed by atoms with Gasteiger partial charge in [-0.25, -0.2) is 9.38 Å². The van der Waals surface area contributed by atoms with Crippen LogP contribution in [0.4, 0.5) is 4.39 Å². The summed E-state index contributed by atoms with van der Waals surface area (Å²) < 4.78 is 25.0. The number of rotatable bonds is 11. The Kier molecular flexibility index (Phi) is 8.11. The number of ether oxygens (including phenoxy) is 2. The molecular formula is C28H29FN2O4. The molecule has 2 N–H and O–H groups in total. The Labute approximate surface area is 204 Å². The highest BCUT2D eigenvalue weighted by Gasteiger charge is 2.44. The normalized spacial score (nSPS) is 16.9. The number of nitrogens with one attached hydrogen (secondary N) is 1. The molecule has 182 valence electrons. The molecule has 6 nitrogen and oxygen atoms in total. The summed E-state index contributed by atoms with van der Waals surface area (Å²) in [6.45, 7) is 1.00. The van der Waals surface area contributed by atoms with E-state index in [4.69, 9.17) is 19.6 Å². The standard InChI is InChI=1S/C28H29FN2O4/c29-24-9-4-8-21(18-24)14-15-30-27(33)28(19-22-6-2-1-3-7-22)20-35-26(31-28)23-10-12-25(13-11-23)34-17-5-16-32/h1-4,6-13,18,32H,5,14-17,19-20H2,(H,30,33)/t28-/m1/s1. The van der Waals surface area contributed by atoms with Crippen molar-refractivity contribution in [3.63, 3.8) is 0 Å². The molecule has 1 amide bonds. The van der Waals surface area contributed by atoms with Gasteiger partial charge in [0, 0.05) is 31.6 Å². The molecule has 0 aliphatic carbocycles. The first-order chi connectivity index (χ1) is 17.1. The lowest BCUT2D eigenvalue weighted by atomic mass is 9.91. The van der Waals surface area contributed by atoms with Crippen molar-refractivity contribution in [3.05, 3.63) is 101 Å². The Hall–Kier alpha value is -3.71. The van der Waals surface area contributed by atoms with E-state index in [0.29, 0.717) is 44.1 Å². The molecule has 1 aliphatic heterocycles. The minimum absolute atomic E-state index is 0.0799. The van der Waals surface area contributed by atoms with Crippen molar-refractivity contribution < 1.29 is 23.8 Å². The van der Waals surface area contributed by atoms with E-state index in [9.17, 15) is 9.18 Å². The Morgan fingerprint density at radius 3 is 2.57 bits per heavy atom. The highest BCUT2D eigenvalue weighted by Crippen LogP contribution is 2.27. The first-order valence-corrected chi connectivity index (χ1v) is 11.7. The van der Waals surface area contributed by atoms with Gasteiger partial charge in [0.25, 0.3) is 5.91 Å². The van der Waals surface area contributed by atoms with Crippen LogP contribution in [-0.4, -0.2) is 48.8 Å². The molecule has 0 spiro atoms. The zero-order valence-corrected chi connectivity index (χ0v) is 19.5. The summed E-state index contributed by atoms with van der Waals surface area (Å²) in [4.78, 5) is 18.2. The predicted molar refractivity (Wildman–Crippen MR) is 132 cm³/mol. The number of hydrogen-bond donors (Lipinski definition) is 2. The molecule has 3 aromatic rings. The number of benzene rings is 3. The number of nitrogens with zero attached hydrogens (tertiary/aromatic N) is 1. The van der Waals surface area contributed by atoms with Crippen molar-refractivity contribution >= 4 is 11.8 Å². The van der Waals surface area contributed by atoms with E-state index in [-0.39, 0.29) is 24.9 Å². The summed E-state index contributed by atoms with van der Waals surface area (Å²) in [5.41, 5.74) is 1.45. The summed E-state index contributed by atoms with van der Waals surface area (Å²) >= 11 is 0. The van der Waals surface area contributed by atoms with E-state index >= 15 is 0 Å². The molecule has 0 unspecified atom stereocenters. The minimum Gasteiger partial charge on any atom is -0.494 e. The first kappa shape index (κ1) is 24.4. The first-order valence-electron chi connectivity index (χ1n) is 11.7. The average molecular weight is 477 g/mol. The Morgan fingerprint density at radius 2 is 1.83 bits per heavy atom. The summed E-state index contributed by atoms with van der Waals surface area (Å²) in [7, 11) is 0. The molecule has 1 heterocycles. The van der Waals surface area contributed by atoms with Crippen LogP contribution in [-0.2, 0) is 22.4 Å². The maximum atomic E-state index is 13.5. The van der Waals surface area contributed by atoms with Gasteiger partial charge in [0.2, 0.25) is 5.90 Å². The summed E-state index contributed by atoms with van der Waals surface area (Å²) in [6, 6.07) is 23.4. The van der Waals surface area contributed by atoms with E-state index < -0.39 is 5.54 Å². The van der Waals surface area contributed by atoms with E-state index in [2.05, 4.69) is 5.32 Å². The van der Waals surface area contributed by atoms with Gasteiger partial charge in [-0.1, -0.05) is 42.5 Å². The van der Waals surface area contributed by atoms with Gasteiger partial charge >= 0.3 is 0 Å². The monoisotopic (exact) mass is 476 g/mol. The van der Waals surface area contributed by atoms with Gasteiger partial charge < -0.3 is 19.9 Å². The second kappa shape index (κ2) is 11.6. The van der Waals surface area contributed by atoms with Gasteiger partial charge in [-0.2, -0.15) is 0 Å². The van der Waals surface area contributed by atoms with Crippen molar-refractivity contribution in [2.75, 3.05) is 26.4 Å². The second-order valence-corrected chi connectivity index (χ2v) is 8.49.